The van der Waals surface area contributed by atoms with E-state index in [0.717, 1.165) is 12.2 Å². The van der Waals surface area contributed by atoms with Crippen LogP contribution in [0.5, 0.6) is 0 Å². The summed E-state index contributed by atoms with van der Waals surface area (Å²) >= 11 is 0. The quantitative estimate of drug-likeness (QED) is 0.311. The molecule has 0 aromatic carbocycles. The third kappa shape index (κ3) is 3.84. The van der Waals surface area contributed by atoms with Crippen LogP contribution in [0, 0.1) is 10.8 Å². The lowest BCUT2D eigenvalue weighted by Gasteiger charge is -2.47. The van der Waals surface area contributed by atoms with Crippen molar-refractivity contribution in [3.63, 3.8) is 0 Å². The van der Waals surface area contributed by atoms with Gasteiger partial charge in [0.15, 0.2) is 27.5 Å². The van der Waals surface area contributed by atoms with Crippen LogP contribution in [0.15, 0.2) is 48.6 Å². The molecule has 2 rings (SSSR count). The first-order valence-electron chi connectivity index (χ1n) is 9.52. The summed E-state index contributed by atoms with van der Waals surface area (Å²) in [6, 6.07) is 0. The van der Waals surface area contributed by atoms with Crippen molar-refractivity contribution in [2.24, 2.45) is 10.8 Å². The van der Waals surface area contributed by atoms with E-state index in [4.69, 9.17) is 4.12 Å². The normalized spacial score (nSPS) is 24.0. The van der Waals surface area contributed by atoms with Gasteiger partial charge in [-0.05, 0) is 26.2 Å². The molecule has 0 heterocycles. The molecule has 0 amide bonds. The van der Waals surface area contributed by atoms with Gasteiger partial charge in [0, 0.05) is 11.1 Å². The minimum atomic E-state index is -3.20. The third-order valence-electron chi connectivity index (χ3n) is 5.97. The summed E-state index contributed by atoms with van der Waals surface area (Å²) in [7, 11) is -6.39. The van der Waals surface area contributed by atoms with Crippen molar-refractivity contribution < 1.29 is 43.7 Å². The molecule has 168 valence electrons. The Bertz CT molecular complexity index is 825. The molecule has 2 atom stereocenters. The summed E-state index contributed by atoms with van der Waals surface area (Å²) < 4.78 is 6.47. The number of carbonyl (C=O) groups is 4. The monoisotopic (exact) mass is 466 g/mol. The third-order valence-corrected chi connectivity index (χ3v) is 14.5. The Kier molecular flexibility index (Phi) is 6.37. The van der Waals surface area contributed by atoms with Gasteiger partial charge in [-0.3, -0.25) is 19.2 Å². The Morgan fingerprint density at radius 3 is 1.19 bits per heavy atom. The van der Waals surface area contributed by atoms with Crippen molar-refractivity contribution in [2.45, 2.75) is 37.3 Å². The van der Waals surface area contributed by atoms with Gasteiger partial charge in [-0.25, -0.2) is 0 Å². The standard InChI is InChI=1S/C20H26O9Si2/c1-30(2,13-9-5-7-11-19(13,15(21)22)16(23)24)29-31(3,4)14-10-6-8-12-20(14,17(25)26)18(27)28/h5-14H,1-4H3,(H,21,22)(H,23,24)(H,25,26)(H,27,28). The lowest BCUT2D eigenvalue weighted by atomic mass is 9.81. The Balaban J connectivity index is 2.54. The fraction of sp³-hybridized carbons (Fsp3) is 0.400. The molecule has 0 spiro atoms. The van der Waals surface area contributed by atoms with E-state index in [1.807, 2.05) is 0 Å². The summed E-state index contributed by atoms with van der Waals surface area (Å²) in [4.78, 5) is 48.2. The van der Waals surface area contributed by atoms with Gasteiger partial charge in [0.1, 0.15) is 0 Å². The van der Waals surface area contributed by atoms with Gasteiger partial charge >= 0.3 is 23.9 Å². The molecule has 0 aromatic heterocycles. The lowest BCUT2D eigenvalue weighted by molar-refractivity contribution is -0.162. The van der Waals surface area contributed by atoms with Crippen LogP contribution in [0.4, 0.5) is 0 Å². The molecule has 0 radical (unpaired) electrons. The van der Waals surface area contributed by atoms with E-state index >= 15 is 0 Å². The van der Waals surface area contributed by atoms with Crippen molar-refractivity contribution >= 4 is 40.5 Å². The fourth-order valence-electron chi connectivity index (χ4n) is 4.64. The first kappa shape index (κ1) is 24.5. The van der Waals surface area contributed by atoms with Gasteiger partial charge < -0.3 is 24.5 Å². The van der Waals surface area contributed by atoms with E-state index in [-0.39, 0.29) is 0 Å². The lowest BCUT2D eigenvalue weighted by Crippen LogP contribution is -2.59. The number of carboxylic acid groups (broad SMARTS) is 4. The van der Waals surface area contributed by atoms with Gasteiger partial charge in [-0.15, -0.1) is 0 Å². The summed E-state index contributed by atoms with van der Waals surface area (Å²) in [6.07, 6.45) is 11.1. The van der Waals surface area contributed by atoms with Crippen molar-refractivity contribution in [1.82, 2.24) is 0 Å². The molecule has 2 aliphatic rings. The minimum absolute atomic E-state index is 1.00. The highest BCUT2D eigenvalue weighted by Crippen LogP contribution is 2.51. The maximum absolute atomic E-state index is 12.1. The molecular formula is C20H26O9Si2. The number of allylic oxidation sites excluding steroid dienone is 6. The van der Waals surface area contributed by atoms with Gasteiger partial charge in [0.2, 0.25) is 0 Å². The SMILES string of the molecule is C[Si](C)(O[Si](C)(C)C1C=CC=CC1(C(=O)O)C(=O)O)C1C=CC=CC1(C(=O)O)C(=O)O. The van der Waals surface area contributed by atoms with Crippen LogP contribution in [0.2, 0.25) is 37.3 Å². The number of carboxylic acids is 4. The highest BCUT2D eigenvalue weighted by Gasteiger charge is 2.62. The predicted molar refractivity (Wildman–Crippen MR) is 116 cm³/mol. The summed E-state index contributed by atoms with van der Waals surface area (Å²) in [5, 5.41) is 39.2. The Morgan fingerprint density at radius 1 is 0.645 bits per heavy atom. The maximum Gasteiger partial charge on any atom is 0.325 e. The molecule has 9 nitrogen and oxygen atoms in total. The number of hydrogen-bond donors (Lipinski definition) is 4. The Hall–Kier alpha value is -2.77. The minimum Gasteiger partial charge on any atom is -0.480 e. The molecule has 4 N–H and O–H groups in total. The smallest absolute Gasteiger partial charge is 0.325 e. The van der Waals surface area contributed by atoms with Crippen LogP contribution in [0.1, 0.15) is 0 Å². The molecule has 2 aliphatic carbocycles. The van der Waals surface area contributed by atoms with Crippen LogP contribution < -0.4 is 0 Å². The highest BCUT2D eigenvalue weighted by atomic mass is 28.4. The van der Waals surface area contributed by atoms with Crippen molar-refractivity contribution in [3.8, 4) is 0 Å². The zero-order valence-corrected chi connectivity index (χ0v) is 19.6. The summed E-state index contributed by atoms with van der Waals surface area (Å²) in [5.74, 6) is -6.11. The van der Waals surface area contributed by atoms with Crippen LogP contribution in [-0.2, 0) is 23.3 Å². The molecule has 2 unspecified atom stereocenters. The molecule has 0 aromatic rings. The molecular weight excluding hydrogens is 440 g/mol. The van der Waals surface area contributed by atoms with E-state index < -0.39 is 62.4 Å². The number of hydrogen-bond acceptors (Lipinski definition) is 5. The molecule has 31 heavy (non-hydrogen) atoms. The molecule has 0 bridgehead atoms. The first-order valence-corrected chi connectivity index (χ1v) is 15.5. The van der Waals surface area contributed by atoms with Gasteiger partial charge in [0.25, 0.3) is 0 Å². The average molecular weight is 467 g/mol. The van der Waals surface area contributed by atoms with Crippen molar-refractivity contribution in [2.75, 3.05) is 0 Å². The van der Waals surface area contributed by atoms with Crippen LogP contribution in [0.3, 0.4) is 0 Å². The van der Waals surface area contributed by atoms with E-state index in [0.29, 0.717) is 0 Å². The largest absolute Gasteiger partial charge is 0.480 e. The van der Waals surface area contributed by atoms with E-state index in [1.54, 1.807) is 38.3 Å². The van der Waals surface area contributed by atoms with E-state index in [2.05, 4.69) is 0 Å². The second kappa shape index (κ2) is 8.06. The molecule has 0 fully saturated rings. The summed E-state index contributed by atoms with van der Waals surface area (Å²) in [5.41, 5.74) is -6.46. The van der Waals surface area contributed by atoms with Crippen molar-refractivity contribution in [3.05, 3.63) is 48.6 Å². The Morgan fingerprint density at radius 2 is 0.935 bits per heavy atom. The predicted octanol–water partition coefficient (Wildman–Crippen LogP) is 2.72. The first-order chi connectivity index (χ1) is 14.2. The molecule has 11 heteroatoms. The zero-order valence-electron chi connectivity index (χ0n) is 17.6. The average Bonchev–Trinajstić information content (AvgIpc) is 2.66. The molecule has 0 aliphatic heterocycles. The second-order valence-corrected chi connectivity index (χ2v) is 17.2. The van der Waals surface area contributed by atoms with Gasteiger partial charge in [0.05, 0.1) is 0 Å². The fourth-order valence-corrected chi connectivity index (χ4v) is 15.1. The maximum atomic E-state index is 12.1. The Labute approximate surface area is 181 Å². The highest BCUT2D eigenvalue weighted by molar-refractivity contribution is 6.87. The number of rotatable bonds is 8. The van der Waals surface area contributed by atoms with Crippen LogP contribution in [-0.4, -0.2) is 60.9 Å². The van der Waals surface area contributed by atoms with E-state index in [9.17, 15) is 39.6 Å². The molecule has 0 saturated carbocycles. The molecule has 0 saturated heterocycles. The van der Waals surface area contributed by atoms with Crippen molar-refractivity contribution in [1.29, 1.82) is 0 Å². The summed E-state index contributed by atoms with van der Waals surface area (Å²) in [6.45, 7) is 6.68. The van der Waals surface area contributed by atoms with Crippen LogP contribution in [0.25, 0.3) is 0 Å². The van der Waals surface area contributed by atoms with Gasteiger partial charge in [-0.1, -0.05) is 48.6 Å². The zero-order chi connectivity index (χ0) is 23.8. The second-order valence-electron chi connectivity index (χ2n) is 8.71. The van der Waals surface area contributed by atoms with Crippen LogP contribution >= 0.6 is 0 Å². The van der Waals surface area contributed by atoms with Gasteiger partial charge in [-0.2, -0.15) is 0 Å². The van der Waals surface area contributed by atoms with E-state index in [1.165, 1.54) is 24.3 Å². The number of aliphatic carboxylic acids is 4. The topological polar surface area (TPSA) is 158 Å².